The highest BCUT2D eigenvalue weighted by Gasteiger charge is 2.39. The van der Waals surface area contributed by atoms with Crippen molar-refractivity contribution in [2.24, 2.45) is 0 Å². The van der Waals surface area contributed by atoms with Crippen LogP contribution in [0.1, 0.15) is 18.9 Å². The van der Waals surface area contributed by atoms with Gasteiger partial charge in [-0.25, -0.2) is 8.42 Å². The lowest BCUT2D eigenvalue weighted by Gasteiger charge is -2.26. The van der Waals surface area contributed by atoms with Crippen LogP contribution in [0.3, 0.4) is 0 Å². The molecule has 2 N–H and O–H groups in total. The molecule has 0 spiro atoms. The molecule has 7 heteroatoms. The lowest BCUT2D eigenvalue weighted by Crippen LogP contribution is -2.45. The number of hydrogen-bond acceptors (Lipinski definition) is 5. The monoisotopic (exact) mass is 333 g/mol. The van der Waals surface area contributed by atoms with Gasteiger partial charge in [-0.3, -0.25) is 0 Å². The number of nitrogens with one attached hydrogen (secondary N) is 1. The lowest BCUT2D eigenvalue weighted by molar-refractivity contribution is -0.0263. The second kappa shape index (κ2) is 6.22. The molecule has 118 valence electrons. The van der Waals surface area contributed by atoms with Crippen LogP contribution in [-0.2, 0) is 21.1 Å². The average molecular weight is 334 g/mol. The fourth-order valence-electron chi connectivity index (χ4n) is 2.46. The van der Waals surface area contributed by atoms with Crippen molar-refractivity contribution in [1.82, 2.24) is 5.32 Å². The third-order valence-corrected chi connectivity index (χ3v) is 5.40. The van der Waals surface area contributed by atoms with E-state index >= 15 is 0 Å². The zero-order chi connectivity index (χ0) is 15.7. The first-order valence-corrected chi connectivity index (χ1v) is 9.03. The van der Waals surface area contributed by atoms with E-state index in [-0.39, 0.29) is 17.5 Å². The summed E-state index contributed by atoms with van der Waals surface area (Å²) in [6.45, 7) is 2.95. The highest BCUT2D eigenvalue weighted by Crippen LogP contribution is 2.26. The molecule has 1 aliphatic rings. The molecule has 1 aromatic rings. The Balaban J connectivity index is 2.11. The van der Waals surface area contributed by atoms with E-state index in [1.165, 1.54) is 6.07 Å². The van der Waals surface area contributed by atoms with Gasteiger partial charge in [0.2, 0.25) is 0 Å². The van der Waals surface area contributed by atoms with E-state index < -0.39 is 15.4 Å². The minimum absolute atomic E-state index is 0.213. The quantitative estimate of drug-likeness (QED) is 0.851. The van der Waals surface area contributed by atoms with Crippen molar-refractivity contribution in [3.8, 4) is 0 Å². The summed E-state index contributed by atoms with van der Waals surface area (Å²) in [5, 5.41) is 13.9. The van der Waals surface area contributed by atoms with Crippen molar-refractivity contribution in [3.63, 3.8) is 0 Å². The molecule has 1 aromatic carbocycles. The molecule has 5 nitrogen and oxygen atoms in total. The normalized spacial score (nSPS) is 26.2. The molecular weight excluding hydrogens is 314 g/mol. The molecule has 1 fully saturated rings. The van der Waals surface area contributed by atoms with Gasteiger partial charge in [0, 0.05) is 43.0 Å². The van der Waals surface area contributed by atoms with E-state index in [1.807, 2.05) is 6.92 Å². The van der Waals surface area contributed by atoms with Crippen LogP contribution in [0, 0.1) is 0 Å². The van der Waals surface area contributed by atoms with Crippen LogP contribution in [-0.4, -0.2) is 44.6 Å². The van der Waals surface area contributed by atoms with Crippen LogP contribution in [0.5, 0.6) is 0 Å². The molecule has 2 atom stereocenters. The van der Waals surface area contributed by atoms with Gasteiger partial charge in [0.15, 0.2) is 9.84 Å². The van der Waals surface area contributed by atoms with Crippen LogP contribution in [0.15, 0.2) is 23.1 Å². The molecule has 0 radical (unpaired) electrons. The standard InChI is InChI=1S/C14H20ClNO4S/c1-10-14(17,6-7-20-10)9-16-8-11-12(15)4-3-5-13(11)21(2,18)19/h3-5,10,16-17H,6-9H2,1-2H3. The van der Waals surface area contributed by atoms with Gasteiger partial charge in [-0.15, -0.1) is 0 Å². The van der Waals surface area contributed by atoms with E-state index in [1.54, 1.807) is 12.1 Å². The van der Waals surface area contributed by atoms with Crippen molar-refractivity contribution in [2.45, 2.75) is 36.5 Å². The number of ether oxygens (including phenoxy) is 1. The van der Waals surface area contributed by atoms with Gasteiger partial charge < -0.3 is 15.2 Å². The first-order chi connectivity index (χ1) is 9.74. The van der Waals surface area contributed by atoms with Crippen molar-refractivity contribution in [1.29, 1.82) is 0 Å². The van der Waals surface area contributed by atoms with Crippen LogP contribution in [0.2, 0.25) is 5.02 Å². The van der Waals surface area contributed by atoms with Gasteiger partial charge in [-0.2, -0.15) is 0 Å². The summed E-state index contributed by atoms with van der Waals surface area (Å²) in [4.78, 5) is 0.213. The number of benzene rings is 1. The lowest BCUT2D eigenvalue weighted by atomic mass is 9.96. The topological polar surface area (TPSA) is 75.6 Å². The number of rotatable bonds is 5. The summed E-state index contributed by atoms with van der Waals surface area (Å²) < 4.78 is 28.9. The Morgan fingerprint density at radius 1 is 1.52 bits per heavy atom. The zero-order valence-electron chi connectivity index (χ0n) is 12.1. The second-order valence-corrected chi connectivity index (χ2v) is 7.85. The predicted octanol–water partition coefficient (Wildman–Crippen LogP) is 1.37. The van der Waals surface area contributed by atoms with Crippen molar-refractivity contribution in [3.05, 3.63) is 28.8 Å². The van der Waals surface area contributed by atoms with Crippen LogP contribution in [0.25, 0.3) is 0 Å². The molecule has 1 saturated heterocycles. The summed E-state index contributed by atoms with van der Waals surface area (Å²) in [6.07, 6.45) is 1.47. The summed E-state index contributed by atoms with van der Waals surface area (Å²) in [7, 11) is -3.34. The molecule has 1 aliphatic heterocycles. The van der Waals surface area contributed by atoms with E-state index in [4.69, 9.17) is 16.3 Å². The second-order valence-electron chi connectivity index (χ2n) is 5.46. The zero-order valence-corrected chi connectivity index (χ0v) is 13.7. The Morgan fingerprint density at radius 3 is 2.81 bits per heavy atom. The van der Waals surface area contributed by atoms with Gasteiger partial charge >= 0.3 is 0 Å². The van der Waals surface area contributed by atoms with Gasteiger partial charge in [-0.05, 0) is 19.1 Å². The summed E-state index contributed by atoms with van der Waals surface area (Å²) >= 11 is 6.10. The fraction of sp³-hybridized carbons (Fsp3) is 0.571. The molecule has 2 rings (SSSR count). The van der Waals surface area contributed by atoms with E-state index in [0.717, 1.165) is 6.26 Å². The van der Waals surface area contributed by atoms with E-state index in [9.17, 15) is 13.5 Å². The maximum atomic E-state index is 11.8. The van der Waals surface area contributed by atoms with Gasteiger partial charge in [0.05, 0.1) is 11.0 Å². The molecule has 1 heterocycles. The Bertz CT molecular complexity index is 619. The molecule has 0 aliphatic carbocycles. The summed E-state index contributed by atoms with van der Waals surface area (Å²) in [5.41, 5.74) is -0.399. The van der Waals surface area contributed by atoms with Gasteiger partial charge in [0.25, 0.3) is 0 Å². The molecule has 21 heavy (non-hydrogen) atoms. The van der Waals surface area contributed by atoms with E-state index in [0.29, 0.717) is 30.2 Å². The van der Waals surface area contributed by atoms with Crippen LogP contribution in [0.4, 0.5) is 0 Å². The Morgan fingerprint density at radius 2 is 2.24 bits per heavy atom. The van der Waals surface area contributed by atoms with Crippen molar-refractivity contribution < 1.29 is 18.3 Å². The smallest absolute Gasteiger partial charge is 0.175 e. The molecule has 0 aromatic heterocycles. The number of hydrogen-bond donors (Lipinski definition) is 2. The largest absolute Gasteiger partial charge is 0.386 e. The molecule has 2 unspecified atom stereocenters. The maximum Gasteiger partial charge on any atom is 0.175 e. The van der Waals surface area contributed by atoms with Crippen molar-refractivity contribution in [2.75, 3.05) is 19.4 Å². The number of sulfone groups is 1. The minimum Gasteiger partial charge on any atom is -0.386 e. The SMILES string of the molecule is CC1OCCC1(O)CNCc1c(Cl)cccc1S(C)(=O)=O. The first kappa shape index (κ1) is 16.7. The highest BCUT2D eigenvalue weighted by atomic mass is 35.5. The molecule has 0 amide bonds. The number of aliphatic hydroxyl groups is 1. The Kier molecular flexibility index (Phi) is 4.95. The first-order valence-electron chi connectivity index (χ1n) is 6.76. The fourth-order valence-corrected chi connectivity index (χ4v) is 3.72. The third kappa shape index (κ3) is 3.76. The molecule has 0 saturated carbocycles. The predicted molar refractivity (Wildman–Crippen MR) is 81.2 cm³/mol. The van der Waals surface area contributed by atoms with Crippen molar-refractivity contribution >= 4 is 21.4 Å². The number of halogens is 1. The molecule has 0 bridgehead atoms. The molecular formula is C14H20ClNO4S. The maximum absolute atomic E-state index is 11.8. The average Bonchev–Trinajstić information content (AvgIpc) is 2.70. The summed E-state index contributed by atoms with van der Waals surface area (Å²) in [6, 6.07) is 4.81. The van der Waals surface area contributed by atoms with Crippen LogP contribution >= 0.6 is 11.6 Å². The van der Waals surface area contributed by atoms with Gasteiger partial charge in [0.1, 0.15) is 5.60 Å². The summed E-state index contributed by atoms with van der Waals surface area (Å²) in [5.74, 6) is 0. The Hall–Kier alpha value is -0.660. The van der Waals surface area contributed by atoms with E-state index in [2.05, 4.69) is 5.32 Å². The van der Waals surface area contributed by atoms with Gasteiger partial charge in [-0.1, -0.05) is 17.7 Å². The van der Waals surface area contributed by atoms with Crippen LogP contribution < -0.4 is 5.32 Å². The third-order valence-electron chi connectivity index (χ3n) is 3.87. The Labute approximate surface area is 130 Å². The highest BCUT2D eigenvalue weighted by molar-refractivity contribution is 7.90. The minimum atomic E-state index is -3.34.